The average molecular weight is 539 g/mol. The first-order valence-corrected chi connectivity index (χ1v) is 13.6. The van der Waals surface area contributed by atoms with Gasteiger partial charge in [0, 0.05) is 16.8 Å². The van der Waals surface area contributed by atoms with Crippen molar-refractivity contribution in [3.8, 4) is 5.75 Å². The van der Waals surface area contributed by atoms with E-state index < -0.39 is 27.8 Å². The highest BCUT2D eigenvalue weighted by Gasteiger charge is 2.48. The highest BCUT2D eigenvalue weighted by Crippen LogP contribution is 2.43. The van der Waals surface area contributed by atoms with Gasteiger partial charge in [0.05, 0.1) is 17.1 Å². The van der Waals surface area contributed by atoms with Gasteiger partial charge in [-0.2, -0.15) is 0 Å². The summed E-state index contributed by atoms with van der Waals surface area (Å²) in [6, 6.07) is 12.6. The van der Waals surface area contributed by atoms with Crippen LogP contribution < -0.4 is 14.8 Å². The van der Waals surface area contributed by atoms with E-state index in [1.165, 1.54) is 29.2 Å². The highest BCUT2D eigenvalue weighted by atomic mass is 32.2. The molecule has 200 valence electrons. The predicted molar refractivity (Wildman–Crippen MR) is 142 cm³/mol. The Labute approximate surface area is 221 Å². The average Bonchev–Trinajstić information content (AvgIpc) is 3.38. The lowest BCUT2D eigenvalue weighted by molar-refractivity contribution is -0.132. The van der Waals surface area contributed by atoms with Crippen molar-refractivity contribution in [3.63, 3.8) is 0 Å². The van der Waals surface area contributed by atoms with Crippen molar-refractivity contribution in [2.45, 2.75) is 51.0 Å². The summed E-state index contributed by atoms with van der Waals surface area (Å²) in [5.74, 6) is -0.684. The number of furan rings is 1. The van der Waals surface area contributed by atoms with Crippen LogP contribution in [0.2, 0.25) is 0 Å². The molecular weight excluding hydrogens is 508 g/mol. The number of carbonyl (C=O) groups excluding carboxylic acids is 2. The number of primary sulfonamides is 1. The summed E-state index contributed by atoms with van der Waals surface area (Å²) in [7, 11) is -3.96. The van der Waals surface area contributed by atoms with E-state index in [1.54, 1.807) is 37.3 Å². The molecule has 0 spiro atoms. The van der Waals surface area contributed by atoms with Gasteiger partial charge in [0.25, 0.3) is 11.7 Å². The van der Waals surface area contributed by atoms with E-state index in [1.807, 2.05) is 27.7 Å². The van der Waals surface area contributed by atoms with Crippen molar-refractivity contribution >= 4 is 33.2 Å². The fourth-order valence-electron chi connectivity index (χ4n) is 4.47. The molecule has 2 aromatic carbocycles. The zero-order valence-electron chi connectivity index (χ0n) is 21.8. The van der Waals surface area contributed by atoms with Crippen molar-refractivity contribution in [2.75, 3.05) is 11.5 Å². The van der Waals surface area contributed by atoms with Crippen molar-refractivity contribution in [1.82, 2.24) is 0 Å². The first-order chi connectivity index (χ1) is 17.7. The molecule has 1 aliphatic heterocycles. The Bertz CT molecular complexity index is 1540. The van der Waals surface area contributed by atoms with Gasteiger partial charge in [0.15, 0.2) is 0 Å². The van der Waals surface area contributed by atoms with Gasteiger partial charge in [-0.3, -0.25) is 14.5 Å². The maximum absolute atomic E-state index is 13.4. The molecule has 3 aromatic rings. The number of nitrogens with zero attached hydrogens (tertiary/aromatic N) is 1. The van der Waals surface area contributed by atoms with Crippen LogP contribution in [-0.2, 0) is 25.0 Å². The van der Waals surface area contributed by atoms with E-state index in [9.17, 15) is 23.1 Å². The second kappa shape index (κ2) is 9.77. The van der Waals surface area contributed by atoms with Crippen LogP contribution in [0.3, 0.4) is 0 Å². The molecule has 1 amide bonds. The molecule has 0 bridgehead atoms. The number of benzene rings is 2. The van der Waals surface area contributed by atoms with Gasteiger partial charge in [-0.1, -0.05) is 20.8 Å². The Morgan fingerprint density at radius 2 is 1.74 bits per heavy atom. The standard InChI is InChI=1S/C28H30N2O7S/c1-6-36-21-14-8-17(15-20(21)28(3,4)5)25(31)23-24(22-13-7-16(2)37-22)30(27(33)26(23)32)18-9-11-19(12-10-18)38(29,34)35/h7-15,24,31H,6H2,1-5H3,(H2,29,34,35)/b25-23-. The molecule has 3 N–H and O–H groups in total. The van der Waals surface area contributed by atoms with Gasteiger partial charge in [-0.05, 0) is 73.9 Å². The summed E-state index contributed by atoms with van der Waals surface area (Å²) in [6.07, 6.45) is 0. The Balaban J connectivity index is 1.92. The highest BCUT2D eigenvalue weighted by molar-refractivity contribution is 7.89. The molecule has 4 rings (SSSR count). The molecule has 9 nitrogen and oxygen atoms in total. The molecular formula is C28H30N2O7S. The minimum Gasteiger partial charge on any atom is -0.507 e. The van der Waals surface area contributed by atoms with Crippen LogP contribution in [0.5, 0.6) is 5.75 Å². The maximum atomic E-state index is 13.4. The minimum absolute atomic E-state index is 0.146. The Morgan fingerprint density at radius 3 is 2.26 bits per heavy atom. The number of sulfonamides is 1. The van der Waals surface area contributed by atoms with Crippen molar-refractivity contribution in [3.05, 3.63) is 82.8 Å². The number of carbonyl (C=O) groups is 2. The Morgan fingerprint density at radius 1 is 1.08 bits per heavy atom. The fourth-order valence-corrected chi connectivity index (χ4v) is 4.98. The molecule has 0 aliphatic carbocycles. The molecule has 38 heavy (non-hydrogen) atoms. The van der Waals surface area contributed by atoms with E-state index in [2.05, 4.69) is 0 Å². The third-order valence-electron chi connectivity index (χ3n) is 6.28. The number of ether oxygens (including phenoxy) is 1. The second-order valence-corrected chi connectivity index (χ2v) is 11.6. The van der Waals surface area contributed by atoms with E-state index in [0.717, 1.165) is 5.56 Å². The lowest BCUT2D eigenvalue weighted by Crippen LogP contribution is -2.29. The Kier molecular flexibility index (Phi) is 6.98. The summed E-state index contributed by atoms with van der Waals surface area (Å²) in [4.78, 5) is 27.7. The molecule has 0 saturated carbocycles. The van der Waals surface area contributed by atoms with Crippen LogP contribution in [-0.4, -0.2) is 31.8 Å². The van der Waals surface area contributed by atoms with Crippen LogP contribution in [0.15, 0.2) is 69.5 Å². The second-order valence-electron chi connectivity index (χ2n) is 10.1. The minimum atomic E-state index is -3.96. The summed E-state index contributed by atoms with van der Waals surface area (Å²) in [5.41, 5.74) is 0.912. The first kappa shape index (κ1) is 27.2. The number of aliphatic hydroxyl groups is 1. The van der Waals surface area contributed by atoms with Crippen molar-refractivity contribution in [1.29, 1.82) is 0 Å². The molecule has 1 aromatic heterocycles. The molecule has 2 heterocycles. The molecule has 1 fully saturated rings. The van der Waals surface area contributed by atoms with Gasteiger partial charge in [-0.15, -0.1) is 0 Å². The Hall–Kier alpha value is -3.89. The molecule has 1 saturated heterocycles. The number of amides is 1. The molecule has 1 aliphatic rings. The van der Waals surface area contributed by atoms with Gasteiger partial charge < -0.3 is 14.3 Å². The lowest BCUT2D eigenvalue weighted by Gasteiger charge is -2.25. The van der Waals surface area contributed by atoms with Gasteiger partial charge in [-0.25, -0.2) is 13.6 Å². The van der Waals surface area contributed by atoms with Gasteiger partial charge >= 0.3 is 0 Å². The first-order valence-electron chi connectivity index (χ1n) is 12.0. The van der Waals surface area contributed by atoms with E-state index >= 15 is 0 Å². The topological polar surface area (TPSA) is 140 Å². The third kappa shape index (κ3) is 4.97. The van der Waals surface area contributed by atoms with Crippen LogP contribution in [0.4, 0.5) is 5.69 Å². The van der Waals surface area contributed by atoms with E-state index in [-0.39, 0.29) is 33.1 Å². The molecule has 1 unspecified atom stereocenters. The summed E-state index contributed by atoms with van der Waals surface area (Å²) in [5, 5.41) is 16.7. The fraction of sp³-hybridized carbons (Fsp3) is 0.286. The number of aliphatic hydroxyl groups excluding tert-OH is 1. The number of nitrogens with two attached hydrogens (primary N) is 1. The van der Waals surface area contributed by atoms with Crippen LogP contribution in [0.25, 0.3) is 5.76 Å². The van der Waals surface area contributed by atoms with Crippen molar-refractivity contribution < 1.29 is 32.3 Å². The zero-order chi connectivity index (χ0) is 28.0. The van der Waals surface area contributed by atoms with Gasteiger partial charge in [0.2, 0.25) is 10.0 Å². The maximum Gasteiger partial charge on any atom is 0.300 e. The molecule has 1 atom stereocenters. The number of ketones is 1. The normalized spacial score (nSPS) is 17.7. The predicted octanol–water partition coefficient (Wildman–Crippen LogP) is 4.56. The monoisotopic (exact) mass is 538 g/mol. The molecule has 10 heteroatoms. The number of hydrogen-bond acceptors (Lipinski definition) is 7. The van der Waals surface area contributed by atoms with Crippen LogP contribution >= 0.6 is 0 Å². The van der Waals surface area contributed by atoms with Gasteiger partial charge in [0.1, 0.15) is 29.1 Å². The van der Waals surface area contributed by atoms with E-state index in [0.29, 0.717) is 23.7 Å². The third-order valence-corrected chi connectivity index (χ3v) is 7.21. The van der Waals surface area contributed by atoms with Crippen LogP contribution in [0.1, 0.15) is 56.4 Å². The SMILES string of the molecule is CCOc1ccc(/C(O)=C2/C(=O)C(=O)N(c3ccc(S(N)(=O)=O)cc3)C2c2ccc(C)o2)cc1C(C)(C)C. The quantitative estimate of drug-likeness (QED) is 0.266. The number of aryl methyl sites for hydroxylation is 1. The smallest absolute Gasteiger partial charge is 0.300 e. The van der Waals surface area contributed by atoms with E-state index in [4.69, 9.17) is 14.3 Å². The summed E-state index contributed by atoms with van der Waals surface area (Å²) >= 11 is 0. The van der Waals surface area contributed by atoms with Crippen LogP contribution in [0, 0.1) is 6.92 Å². The molecule has 0 radical (unpaired) electrons. The largest absolute Gasteiger partial charge is 0.507 e. The number of Topliss-reactive ketones (excluding diaryl/α,β-unsaturated/α-hetero) is 1. The number of hydrogen-bond donors (Lipinski definition) is 2. The number of rotatable bonds is 6. The van der Waals surface area contributed by atoms with Crippen molar-refractivity contribution in [2.24, 2.45) is 5.14 Å². The summed E-state index contributed by atoms with van der Waals surface area (Å²) < 4.78 is 35.0. The number of anilines is 1. The lowest BCUT2D eigenvalue weighted by atomic mass is 9.84. The zero-order valence-corrected chi connectivity index (χ0v) is 22.6. The summed E-state index contributed by atoms with van der Waals surface area (Å²) in [6.45, 7) is 10.1.